The maximum absolute atomic E-state index is 3.36. The number of rotatable bonds is 1. The van der Waals surface area contributed by atoms with Crippen molar-refractivity contribution < 1.29 is 23.3 Å². The second-order valence-electron chi connectivity index (χ2n) is 8.66. The van der Waals surface area contributed by atoms with Gasteiger partial charge >= 0.3 is 60.1 Å². The second-order valence-corrected chi connectivity index (χ2v) is 16.1. The van der Waals surface area contributed by atoms with Gasteiger partial charge in [-0.3, -0.25) is 6.08 Å². The Kier molecular flexibility index (Phi) is 9.42. The van der Waals surface area contributed by atoms with Crippen LogP contribution in [0.15, 0.2) is 83.4 Å². The SMILES string of the molecule is CC1=[C-]C(C)C(C)=C1C.[Zr+2]=[Si]1CCCCC1.c1ccc(-c2c[cH-]c3ccccc23)cc1. The van der Waals surface area contributed by atoms with Gasteiger partial charge in [-0.25, -0.2) is 5.57 Å². The summed E-state index contributed by atoms with van der Waals surface area (Å²) in [4.78, 5) is 0. The van der Waals surface area contributed by atoms with E-state index in [1.807, 2.05) is 23.3 Å². The van der Waals surface area contributed by atoms with Gasteiger partial charge in [-0.2, -0.15) is 11.1 Å². The van der Waals surface area contributed by atoms with Gasteiger partial charge in [-0.15, -0.1) is 53.6 Å². The standard InChI is InChI=1S/C15H11.C9H13.C5H10Si.Zr/c1-2-6-12(7-3-1)15-11-10-13-8-4-5-9-14(13)15;1-6-5-7(2)9(4)8(6)3;1-2-4-6-5-3-1;/h1-11H;6H,1-4H3;1-5H2;/q2*-1;;+2. The van der Waals surface area contributed by atoms with Crippen molar-refractivity contribution in [3.05, 3.63) is 89.5 Å². The van der Waals surface area contributed by atoms with E-state index in [0.29, 0.717) is 11.4 Å². The van der Waals surface area contributed by atoms with E-state index in [0.717, 1.165) is 0 Å². The van der Waals surface area contributed by atoms with Crippen LogP contribution >= 0.6 is 0 Å². The van der Waals surface area contributed by atoms with E-state index in [1.165, 1.54) is 45.0 Å². The number of hydrogen-bond acceptors (Lipinski definition) is 0. The molecule has 3 aromatic rings. The van der Waals surface area contributed by atoms with E-state index < -0.39 is 0 Å². The molecule has 2 heteroatoms. The van der Waals surface area contributed by atoms with Crippen LogP contribution in [0.1, 0.15) is 47.0 Å². The van der Waals surface area contributed by atoms with Gasteiger partial charge in [0.25, 0.3) is 0 Å². The zero-order valence-electron chi connectivity index (χ0n) is 19.5. The summed E-state index contributed by atoms with van der Waals surface area (Å²) in [6.07, 6.45) is 8.00. The van der Waals surface area contributed by atoms with Crippen LogP contribution in [0.4, 0.5) is 0 Å². The van der Waals surface area contributed by atoms with E-state index in [-0.39, 0.29) is 0 Å². The molecule has 2 aliphatic rings. The third-order valence-electron chi connectivity index (χ3n) is 6.46. The van der Waals surface area contributed by atoms with Crippen molar-refractivity contribution in [2.24, 2.45) is 5.92 Å². The number of hydrogen-bond donors (Lipinski definition) is 0. The molecular weight excluding hydrogens is 468 g/mol. The average molecular weight is 502 g/mol. The van der Waals surface area contributed by atoms with Crippen molar-refractivity contribution in [3.63, 3.8) is 0 Å². The molecule has 0 N–H and O–H groups in total. The molecule has 158 valence electrons. The first-order valence-corrected chi connectivity index (χ1v) is 17.1. The van der Waals surface area contributed by atoms with Crippen LogP contribution in [-0.2, 0) is 23.3 Å². The molecule has 1 heterocycles. The maximum Gasteiger partial charge on any atom is -0.0623 e. The smallest absolute Gasteiger partial charge is 0.0623 e. The Morgan fingerprint density at radius 2 is 1.55 bits per heavy atom. The molecule has 1 aliphatic heterocycles. The molecule has 0 radical (unpaired) electrons. The fraction of sp³-hybridized carbons (Fsp3) is 0.345. The molecule has 5 rings (SSSR count). The van der Waals surface area contributed by atoms with Gasteiger partial charge in [0.1, 0.15) is 0 Å². The monoisotopic (exact) mass is 500 g/mol. The van der Waals surface area contributed by atoms with Crippen molar-refractivity contribution in [2.75, 3.05) is 0 Å². The molecule has 0 aromatic heterocycles. The Balaban J connectivity index is 0.000000145. The largest absolute Gasteiger partial charge is 0.150 e. The number of benzene rings is 2. The first-order chi connectivity index (χ1) is 15.0. The topological polar surface area (TPSA) is 0 Å². The molecule has 0 nitrogen and oxygen atoms in total. The molecule has 1 fully saturated rings. The summed E-state index contributed by atoms with van der Waals surface area (Å²) in [6, 6.07) is 26.7. The van der Waals surface area contributed by atoms with Gasteiger partial charge in [-0.05, 0) is 0 Å². The average Bonchev–Trinajstić information content (AvgIpc) is 3.32. The summed E-state index contributed by atoms with van der Waals surface area (Å²) in [7, 11) is 0. The summed E-state index contributed by atoms with van der Waals surface area (Å²) < 4.78 is 0. The Hall–Kier alpha value is -1.37. The predicted octanol–water partition coefficient (Wildman–Crippen LogP) is 8.66. The Labute approximate surface area is 204 Å². The van der Waals surface area contributed by atoms with E-state index in [9.17, 15) is 0 Å². The van der Waals surface area contributed by atoms with Crippen molar-refractivity contribution in [1.29, 1.82) is 0 Å². The van der Waals surface area contributed by atoms with Crippen molar-refractivity contribution >= 4 is 16.2 Å². The first kappa shape index (κ1) is 24.3. The molecular formula is C29H34SiZr. The third kappa shape index (κ3) is 6.80. The molecule has 1 aliphatic carbocycles. The second kappa shape index (κ2) is 12.0. The van der Waals surface area contributed by atoms with Crippen LogP contribution in [0.2, 0.25) is 12.1 Å². The molecule has 0 bridgehead atoms. The maximum atomic E-state index is 3.36. The minimum atomic E-state index is 0.297. The summed E-state index contributed by atoms with van der Waals surface area (Å²) in [6.45, 7) is 8.67. The first-order valence-electron chi connectivity index (χ1n) is 11.5. The Bertz CT molecular complexity index is 1060. The van der Waals surface area contributed by atoms with Gasteiger partial charge in [0.15, 0.2) is 0 Å². The van der Waals surface area contributed by atoms with E-state index in [4.69, 9.17) is 0 Å². The minimum Gasteiger partial charge on any atom is -0.150 e. The molecule has 1 atom stereocenters. The summed E-state index contributed by atoms with van der Waals surface area (Å²) in [5.74, 6) is 0.560. The molecule has 3 aromatic carbocycles. The van der Waals surface area contributed by atoms with Crippen LogP contribution in [0, 0.1) is 12.0 Å². The summed E-state index contributed by atoms with van der Waals surface area (Å²) >= 11 is 1.87. The Morgan fingerprint density at radius 1 is 0.903 bits per heavy atom. The van der Waals surface area contributed by atoms with Gasteiger partial charge in [0, 0.05) is 0 Å². The fourth-order valence-corrected chi connectivity index (χ4v) is 8.37. The van der Waals surface area contributed by atoms with Gasteiger partial charge in [0.2, 0.25) is 0 Å². The number of allylic oxidation sites excluding steroid dienone is 4. The van der Waals surface area contributed by atoms with Crippen LogP contribution in [0.5, 0.6) is 0 Å². The van der Waals surface area contributed by atoms with Crippen LogP contribution < -0.4 is 0 Å². The fourth-order valence-electron chi connectivity index (χ4n) is 4.16. The molecule has 0 saturated carbocycles. The summed E-state index contributed by atoms with van der Waals surface area (Å²) in [5, 5.41) is 2.65. The normalized spacial score (nSPS) is 18.2. The van der Waals surface area contributed by atoms with Crippen molar-refractivity contribution in [3.8, 4) is 11.1 Å². The van der Waals surface area contributed by atoms with Crippen LogP contribution in [-0.4, -0.2) is 5.43 Å². The molecule has 0 amide bonds. The van der Waals surface area contributed by atoms with Gasteiger partial charge < -0.3 is 0 Å². The molecule has 31 heavy (non-hydrogen) atoms. The van der Waals surface area contributed by atoms with E-state index >= 15 is 0 Å². The summed E-state index contributed by atoms with van der Waals surface area (Å²) in [5.41, 5.74) is 7.16. The quantitative estimate of drug-likeness (QED) is 0.231. The Morgan fingerprint density at radius 3 is 2.06 bits per heavy atom. The van der Waals surface area contributed by atoms with Crippen molar-refractivity contribution in [1.82, 2.24) is 0 Å². The van der Waals surface area contributed by atoms with E-state index in [1.54, 1.807) is 24.9 Å². The zero-order valence-corrected chi connectivity index (χ0v) is 22.9. The third-order valence-corrected chi connectivity index (χ3v) is 12.1. The van der Waals surface area contributed by atoms with Gasteiger partial charge in [0.05, 0.1) is 0 Å². The zero-order chi connectivity index (χ0) is 22.2. The number of fused-ring (bicyclic) bond motifs is 1. The van der Waals surface area contributed by atoms with Gasteiger partial charge in [-0.1, -0.05) is 68.7 Å². The minimum absolute atomic E-state index is 0.297. The van der Waals surface area contributed by atoms with Crippen LogP contribution in [0.3, 0.4) is 0 Å². The molecule has 0 spiro atoms. The van der Waals surface area contributed by atoms with Crippen LogP contribution in [0.25, 0.3) is 21.9 Å². The molecule has 1 unspecified atom stereocenters. The van der Waals surface area contributed by atoms with Crippen molar-refractivity contribution in [2.45, 2.75) is 59.0 Å². The molecule has 1 saturated heterocycles. The van der Waals surface area contributed by atoms with E-state index in [2.05, 4.69) is 101 Å². The predicted molar refractivity (Wildman–Crippen MR) is 134 cm³/mol.